The maximum atomic E-state index is 11.9. The zero-order chi connectivity index (χ0) is 22.0. The minimum atomic E-state index is -3.71. The number of nitrogens with one attached hydrogen (secondary N) is 2. The van der Waals surface area contributed by atoms with Crippen LogP contribution in [-0.2, 0) is 21.4 Å². The number of rotatable bonds is 10. The second kappa shape index (κ2) is 13.8. The summed E-state index contributed by atoms with van der Waals surface area (Å²) in [6.07, 6.45) is 3.29. The number of carbonyl (C=O) groups is 1. The minimum Gasteiger partial charge on any atom is -0.354 e. The van der Waals surface area contributed by atoms with Crippen LogP contribution in [0.15, 0.2) is 34.2 Å². The van der Waals surface area contributed by atoms with Gasteiger partial charge in [-0.05, 0) is 37.0 Å². The van der Waals surface area contributed by atoms with Crippen molar-refractivity contribution >= 4 is 45.9 Å². The molecule has 30 heavy (non-hydrogen) atoms. The summed E-state index contributed by atoms with van der Waals surface area (Å²) in [7, 11) is -0.302. The fraction of sp³-hybridized carbons (Fsp3) is 0.600. The average Bonchev–Trinajstić information content (AvgIpc) is 2.62. The van der Waals surface area contributed by atoms with Crippen molar-refractivity contribution in [2.24, 2.45) is 16.0 Å². The quantitative estimate of drug-likeness (QED) is 0.234. The molecule has 0 aromatic heterocycles. The maximum Gasteiger partial charge on any atom is 0.241 e. The molecule has 1 atom stereocenters. The molecule has 10 heteroatoms. The molecule has 0 heterocycles. The Morgan fingerprint density at radius 2 is 1.73 bits per heavy atom. The van der Waals surface area contributed by atoms with Crippen LogP contribution in [-0.4, -0.2) is 51.9 Å². The van der Waals surface area contributed by atoms with Crippen molar-refractivity contribution in [1.82, 2.24) is 15.5 Å². The number of nitrogens with two attached hydrogens (primary N) is 1. The van der Waals surface area contributed by atoms with Gasteiger partial charge in [-0.3, -0.25) is 4.79 Å². The smallest absolute Gasteiger partial charge is 0.241 e. The van der Waals surface area contributed by atoms with E-state index in [1.807, 2.05) is 0 Å². The highest BCUT2D eigenvalue weighted by atomic mass is 127. The normalized spacial score (nSPS) is 12.8. The maximum absolute atomic E-state index is 11.9. The topological polar surface area (TPSA) is 117 Å². The van der Waals surface area contributed by atoms with Gasteiger partial charge in [-0.15, -0.1) is 24.0 Å². The second-order valence-corrected chi connectivity index (χ2v) is 9.43. The van der Waals surface area contributed by atoms with Gasteiger partial charge >= 0.3 is 0 Å². The number of likely N-dealkylation sites (N-methyl/N-ethyl adjacent to an activating group) is 1. The predicted molar refractivity (Wildman–Crippen MR) is 132 cm³/mol. The Hall–Kier alpha value is -1.40. The Balaban J connectivity index is 0.00000841. The summed E-state index contributed by atoms with van der Waals surface area (Å²) in [5.74, 6) is 1.17. The van der Waals surface area contributed by atoms with Crippen LogP contribution < -0.4 is 15.8 Å². The van der Waals surface area contributed by atoms with Crippen LogP contribution in [0.3, 0.4) is 0 Å². The third-order valence-corrected chi connectivity index (χ3v) is 5.31. The first-order valence-electron chi connectivity index (χ1n) is 9.85. The first-order valence-corrected chi connectivity index (χ1v) is 11.4. The lowest BCUT2D eigenvalue weighted by Gasteiger charge is -2.19. The standard InChI is InChI=1S/C20H35N5O3S.HI/c1-15(2)7-6-8-16(3)24-20(23-14-19(26)25(4)5)22-13-17-9-11-18(12-10-17)29(21,27)28;/h9-12,15-16H,6-8,13-14H2,1-5H3,(H2,21,27,28)(H2,22,23,24);1H. The van der Waals surface area contributed by atoms with Gasteiger partial charge in [0.1, 0.15) is 0 Å². The van der Waals surface area contributed by atoms with Gasteiger partial charge < -0.3 is 15.5 Å². The predicted octanol–water partition coefficient (Wildman–Crippen LogP) is 2.29. The van der Waals surface area contributed by atoms with Crippen LogP contribution in [0.1, 0.15) is 45.6 Å². The van der Waals surface area contributed by atoms with E-state index in [-0.39, 0.29) is 47.4 Å². The monoisotopic (exact) mass is 553 g/mol. The number of guanidine groups is 1. The van der Waals surface area contributed by atoms with Gasteiger partial charge in [0, 0.05) is 20.1 Å². The molecule has 0 aliphatic rings. The Morgan fingerprint density at radius 1 is 1.13 bits per heavy atom. The van der Waals surface area contributed by atoms with Crippen molar-refractivity contribution in [3.8, 4) is 0 Å². The molecular weight excluding hydrogens is 517 g/mol. The lowest BCUT2D eigenvalue weighted by Crippen LogP contribution is -2.46. The molecule has 172 valence electrons. The average molecular weight is 554 g/mol. The molecule has 1 aromatic carbocycles. The van der Waals surface area contributed by atoms with E-state index in [0.717, 1.165) is 18.4 Å². The number of benzene rings is 1. The van der Waals surface area contributed by atoms with Gasteiger partial charge in [-0.1, -0.05) is 38.8 Å². The molecule has 1 aromatic rings. The van der Waals surface area contributed by atoms with E-state index in [4.69, 9.17) is 5.14 Å². The lowest BCUT2D eigenvalue weighted by molar-refractivity contribution is -0.127. The Labute approximate surface area is 198 Å². The highest BCUT2D eigenvalue weighted by molar-refractivity contribution is 14.0. The van der Waals surface area contributed by atoms with Gasteiger partial charge in [-0.2, -0.15) is 0 Å². The third-order valence-electron chi connectivity index (χ3n) is 4.38. The highest BCUT2D eigenvalue weighted by Gasteiger charge is 2.10. The highest BCUT2D eigenvalue weighted by Crippen LogP contribution is 2.10. The number of primary sulfonamides is 1. The van der Waals surface area contributed by atoms with Gasteiger partial charge in [0.05, 0.1) is 18.0 Å². The fourth-order valence-corrected chi connectivity index (χ4v) is 3.08. The molecule has 0 saturated carbocycles. The zero-order valence-electron chi connectivity index (χ0n) is 18.5. The SMILES string of the molecule is CC(C)CCCC(C)NC(=NCc1ccc(S(N)(=O)=O)cc1)NCC(=O)N(C)C.I. The summed E-state index contributed by atoms with van der Waals surface area (Å²) in [6.45, 7) is 6.99. The number of hydrogen-bond donors (Lipinski definition) is 3. The molecule has 0 aliphatic heterocycles. The number of sulfonamides is 1. The molecule has 4 N–H and O–H groups in total. The summed E-state index contributed by atoms with van der Waals surface area (Å²) in [6, 6.07) is 6.49. The molecule has 0 spiro atoms. The van der Waals surface area contributed by atoms with Crippen molar-refractivity contribution in [2.45, 2.75) is 57.5 Å². The molecule has 0 saturated heterocycles. The van der Waals surface area contributed by atoms with Crippen molar-refractivity contribution < 1.29 is 13.2 Å². The molecule has 1 amide bonds. The zero-order valence-corrected chi connectivity index (χ0v) is 21.7. The summed E-state index contributed by atoms with van der Waals surface area (Å²) in [5, 5.41) is 11.5. The van der Waals surface area contributed by atoms with E-state index < -0.39 is 10.0 Å². The molecule has 0 aliphatic carbocycles. The minimum absolute atomic E-state index is 0. The van der Waals surface area contributed by atoms with E-state index in [1.165, 1.54) is 23.5 Å². The number of carbonyl (C=O) groups excluding carboxylic acids is 1. The van der Waals surface area contributed by atoms with E-state index in [2.05, 4.69) is 36.4 Å². The van der Waals surface area contributed by atoms with Crippen LogP contribution in [0.4, 0.5) is 0 Å². The van der Waals surface area contributed by atoms with E-state index >= 15 is 0 Å². The molecule has 8 nitrogen and oxygen atoms in total. The number of amides is 1. The third kappa shape index (κ3) is 11.7. The lowest BCUT2D eigenvalue weighted by atomic mass is 10.0. The molecule has 1 rings (SSSR count). The molecule has 0 fully saturated rings. The molecule has 0 bridgehead atoms. The van der Waals surface area contributed by atoms with Crippen LogP contribution in [0.2, 0.25) is 0 Å². The molecular formula is C20H36IN5O3S. The van der Waals surface area contributed by atoms with Gasteiger partial charge in [0.2, 0.25) is 15.9 Å². The van der Waals surface area contributed by atoms with Crippen LogP contribution in [0, 0.1) is 5.92 Å². The van der Waals surface area contributed by atoms with Crippen LogP contribution >= 0.6 is 24.0 Å². The van der Waals surface area contributed by atoms with Crippen molar-refractivity contribution in [2.75, 3.05) is 20.6 Å². The summed E-state index contributed by atoms with van der Waals surface area (Å²) >= 11 is 0. The molecule has 0 radical (unpaired) electrons. The van der Waals surface area contributed by atoms with E-state index in [0.29, 0.717) is 18.4 Å². The van der Waals surface area contributed by atoms with Gasteiger partial charge in [0.15, 0.2) is 5.96 Å². The van der Waals surface area contributed by atoms with Gasteiger partial charge in [0.25, 0.3) is 0 Å². The second-order valence-electron chi connectivity index (χ2n) is 7.87. The molecule has 1 unspecified atom stereocenters. The van der Waals surface area contributed by atoms with Gasteiger partial charge in [-0.25, -0.2) is 18.5 Å². The van der Waals surface area contributed by atoms with Crippen molar-refractivity contribution in [3.63, 3.8) is 0 Å². The summed E-state index contributed by atoms with van der Waals surface area (Å²) in [5.41, 5.74) is 0.838. The van der Waals surface area contributed by atoms with Crippen molar-refractivity contribution in [3.05, 3.63) is 29.8 Å². The fourth-order valence-electron chi connectivity index (χ4n) is 2.56. The Morgan fingerprint density at radius 3 is 2.23 bits per heavy atom. The first-order chi connectivity index (χ1) is 13.5. The summed E-state index contributed by atoms with van der Waals surface area (Å²) < 4.78 is 22.7. The summed E-state index contributed by atoms with van der Waals surface area (Å²) in [4.78, 5) is 18.0. The van der Waals surface area contributed by atoms with E-state index in [1.54, 1.807) is 26.2 Å². The Bertz CT molecular complexity index is 780. The van der Waals surface area contributed by atoms with Crippen LogP contribution in [0.25, 0.3) is 0 Å². The number of nitrogens with zero attached hydrogens (tertiary/aromatic N) is 2. The van der Waals surface area contributed by atoms with Crippen molar-refractivity contribution in [1.29, 1.82) is 0 Å². The van der Waals surface area contributed by atoms with E-state index in [9.17, 15) is 13.2 Å². The van der Waals surface area contributed by atoms with Crippen LogP contribution in [0.5, 0.6) is 0 Å². The number of halogens is 1. The first kappa shape index (κ1) is 28.6. The number of hydrogen-bond acceptors (Lipinski definition) is 4. The number of aliphatic imine (C=N–C) groups is 1. The Kier molecular flexibility index (Phi) is 13.2. The largest absolute Gasteiger partial charge is 0.354 e.